The Bertz CT molecular complexity index is 534. The van der Waals surface area contributed by atoms with Crippen molar-refractivity contribution in [2.45, 2.75) is 44.2 Å². The van der Waals surface area contributed by atoms with Crippen LogP contribution in [0.5, 0.6) is 0 Å². The van der Waals surface area contributed by atoms with Crippen LogP contribution in [-0.4, -0.2) is 73.1 Å². The summed E-state index contributed by atoms with van der Waals surface area (Å²) >= 11 is 0. The highest BCUT2D eigenvalue weighted by atomic mass is 16.5. The predicted octanol–water partition coefficient (Wildman–Crippen LogP) is 1.43. The second kappa shape index (κ2) is 9.31. The Morgan fingerprint density at radius 2 is 2.20 bits per heavy atom. The topological polar surface area (TPSA) is 65.8 Å². The van der Waals surface area contributed by atoms with Gasteiger partial charge >= 0.3 is 0 Å². The second-order valence-electron chi connectivity index (χ2n) is 6.78. The predicted molar refractivity (Wildman–Crippen MR) is 92.5 cm³/mol. The van der Waals surface area contributed by atoms with E-state index in [1.165, 1.54) is 0 Å². The molecule has 2 aliphatic rings. The Balaban J connectivity index is 1.40. The molecule has 0 aliphatic carbocycles. The fourth-order valence-corrected chi connectivity index (χ4v) is 3.59. The third-order valence-corrected chi connectivity index (χ3v) is 5.05. The molecular weight excluding hydrogens is 322 g/mol. The van der Waals surface area contributed by atoms with Gasteiger partial charge in [-0.3, -0.25) is 4.79 Å². The summed E-state index contributed by atoms with van der Waals surface area (Å²) in [7, 11) is 1.71. The Labute approximate surface area is 149 Å². The molecule has 3 rings (SSSR count). The van der Waals surface area contributed by atoms with Crippen molar-refractivity contribution in [1.82, 2.24) is 14.5 Å². The highest BCUT2D eigenvalue weighted by molar-refractivity contribution is 5.77. The van der Waals surface area contributed by atoms with Gasteiger partial charge in [-0.15, -0.1) is 0 Å². The molecule has 1 aromatic heterocycles. The van der Waals surface area contributed by atoms with E-state index in [1.807, 2.05) is 17.3 Å². The van der Waals surface area contributed by atoms with E-state index in [0.717, 1.165) is 57.7 Å². The number of carbonyl (C=O) groups excluding carboxylic acids is 1. The first-order chi connectivity index (χ1) is 12.3. The van der Waals surface area contributed by atoms with Crippen molar-refractivity contribution < 1.29 is 19.0 Å². The van der Waals surface area contributed by atoms with Crippen molar-refractivity contribution in [1.29, 1.82) is 0 Å². The lowest BCUT2D eigenvalue weighted by Gasteiger charge is -2.32. The lowest BCUT2D eigenvalue weighted by Crippen LogP contribution is -2.40. The number of amides is 1. The zero-order chi connectivity index (χ0) is 17.5. The van der Waals surface area contributed by atoms with Gasteiger partial charge in [0, 0.05) is 51.7 Å². The SMILES string of the molecule is COCCn1ccnc1C1CCN(C(=O)COC[C@@H]2CCCO2)CC1. The first-order valence-corrected chi connectivity index (χ1v) is 9.25. The molecule has 0 radical (unpaired) electrons. The highest BCUT2D eigenvalue weighted by Gasteiger charge is 2.26. The number of aromatic nitrogens is 2. The Morgan fingerprint density at radius 1 is 1.36 bits per heavy atom. The van der Waals surface area contributed by atoms with Gasteiger partial charge in [0.15, 0.2) is 0 Å². The largest absolute Gasteiger partial charge is 0.383 e. The molecule has 0 spiro atoms. The lowest BCUT2D eigenvalue weighted by atomic mass is 9.96. The van der Waals surface area contributed by atoms with Gasteiger partial charge in [0.25, 0.3) is 0 Å². The monoisotopic (exact) mass is 351 g/mol. The van der Waals surface area contributed by atoms with Crippen LogP contribution in [0.1, 0.15) is 37.4 Å². The summed E-state index contributed by atoms with van der Waals surface area (Å²) in [6.45, 7) is 4.54. The molecule has 3 heterocycles. The maximum absolute atomic E-state index is 12.3. The number of likely N-dealkylation sites (tertiary alicyclic amines) is 1. The zero-order valence-corrected chi connectivity index (χ0v) is 15.1. The molecule has 2 fully saturated rings. The van der Waals surface area contributed by atoms with Crippen LogP contribution in [-0.2, 0) is 25.5 Å². The van der Waals surface area contributed by atoms with Crippen molar-refractivity contribution in [3.63, 3.8) is 0 Å². The van der Waals surface area contributed by atoms with Crippen LogP contribution in [0.3, 0.4) is 0 Å². The molecule has 7 heteroatoms. The van der Waals surface area contributed by atoms with Crippen molar-refractivity contribution in [3.8, 4) is 0 Å². The lowest BCUT2D eigenvalue weighted by molar-refractivity contribution is -0.138. The number of hydrogen-bond donors (Lipinski definition) is 0. The van der Waals surface area contributed by atoms with E-state index in [4.69, 9.17) is 14.2 Å². The van der Waals surface area contributed by atoms with Gasteiger partial charge < -0.3 is 23.7 Å². The summed E-state index contributed by atoms with van der Waals surface area (Å²) in [6, 6.07) is 0. The van der Waals surface area contributed by atoms with E-state index in [1.54, 1.807) is 7.11 Å². The maximum atomic E-state index is 12.3. The molecule has 25 heavy (non-hydrogen) atoms. The first kappa shape index (κ1) is 18.4. The quantitative estimate of drug-likeness (QED) is 0.709. The van der Waals surface area contributed by atoms with E-state index in [9.17, 15) is 4.79 Å². The Hall–Kier alpha value is -1.44. The Morgan fingerprint density at radius 3 is 2.92 bits per heavy atom. The minimum atomic E-state index is 0.0826. The van der Waals surface area contributed by atoms with Gasteiger partial charge in [0.2, 0.25) is 5.91 Å². The molecule has 0 saturated carbocycles. The summed E-state index contributed by atoms with van der Waals surface area (Å²) in [5.74, 6) is 1.60. The summed E-state index contributed by atoms with van der Waals surface area (Å²) in [4.78, 5) is 18.7. The molecule has 7 nitrogen and oxygen atoms in total. The van der Waals surface area contributed by atoms with Gasteiger partial charge in [-0.25, -0.2) is 4.98 Å². The van der Waals surface area contributed by atoms with E-state index >= 15 is 0 Å². The maximum Gasteiger partial charge on any atom is 0.248 e. The fourth-order valence-electron chi connectivity index (χ4n) is 3.59. The molecule has 0 unspecified atom stereocenters. The van der Waals surface area contributed by atoms with Gasteiger partial charge in [0.1, 0.15) is 12.4 Å². The van der Waals surface area contributed by atoms with Crippen molar-refractivity contribution in [2.75, 3.05) is 46.6 Å². The zero-order valence-electron chi connectivity index (χ0n) is 15.1. The number of carbonyl (C=O) groups is 1. The fraction of sp³-hybridized carbons (Fsp3) is 0.778. The van der Waals surface area contributed by atoms with E-state index in [0.29, 0.717) is 19.1 Å². The number of piperidine rings is 1. The minimum absolute atomic E-state index is 0.0826. The van der Waals surface area contributed by atoms with Gasteiger partial charge in [0.05, 0.1) is 19.3 Å². The van der Waals surface area contributed by atoms with Crippen molar-refractivity contribution in [2.24, 2.45) is 0 Å². The summed E-state index contributed by atoms with van der Waals surface area (Å²) < 4.78 is 18.4. The molecule has 0 N–H and O–H groups in total. The molecule has 2 saturated heterocycles. The number of nitrogens with zero attached hydrogens (tertiary/aromatic N) is 3. The molecule has 1 amide bonds. The molecular formula is C18H29N3O4. The second-order valence-corrected chi connectivity index (χ2v) is 6.78. The van der Waals surface area contributed by atoms with Crippen LogP contribution < -0.4 is 0 Å². The summed E-state index contributed by atoms with van der Waals surface area (Å²) in [5.41, 5.74) is 0. The minimum Gasteiger partial charge on any atom is -0.383 e. The molecule has 0 aromatic carbocycles. The average molecular weight is 351 g/mol. The van der Waals surface area contributed by atoms with Crippen LogP contribution >= 0.6 is 0 Å². The highest BCUT2D eigenvalue weighted by Crippen LogP contribution is 2.27. The number of methoxy groups -OCH3 is 1. The van der Waals surface area contributed by atoms with Crippen molar-refractivity contribution >= 4 is 5.91 Å². The van der Waals surface area contributed by atoms with Crippen molar-refractivity contribution in [3.05, 3.63) is 18.2 Å². The summed E-state index contributed by atoms with van der Waals surface area (Å²) in [6.07, 6.45) is 8.05. The molecule has 2 aliphatic heterocycles. The number of ether oxygens (including phenoxy) is 3. The number of hydrogen-bond acceptors (Lipinski definition) is 5. The molecule has 140 valence electrons. The van der Waals surface area contributed by atoms with Crippen LogP contribution in [0.15, 0.2) is 12.4 Å². The number of imidazole rings is 1. The van der Waals surface area contributed by atoms with Crippen LogP contribution in [0.25, 0.3) is 0 Å². The van der Waals surface area contributed by atoms with Crippen LogP contribution in [0.2, 0.25) is 0 Å². The van der Waals surface area contributed by atoms with Gasteiger partial charge in [-0.05, 0) is 25.7 Å². The molecule has 1 aromatic rings. The van der Waals surface area contributed by atoms with Crippen LogP contribution in [0, 0.1) is 0 Å². The third kappa shape index (κ3) is 5.03. The van der Waals surface area contributed by atoms with E-state index < -0.39 is 0 Å². The third-order valence-electron chi connectivity index (χ3n) is 5.05. The van der Waals surface area contributed by atoms with Gasteiger partial charge in [-0.2, -0.15) is 0 Å². The van der Waals surface area contributed by atoms with E-state index in [-0.39, 0.29) is 18.6 Å². The molecule has 0 bridgehead atoms. The first-order valence-electron chi connectivity index (χ1n) is 9.25. The van der Waals surface area contributed by atoms with Gasteiger partial charge in [-0.1, -0.05) is 0 Å². The normalized spacial score (nSPS) is 21.8. The number of rotatable bonds is 8. The smallest absolute Gasteiger partial charge is 0.248 e. The average Bonchev–Trinajstić information content (AvgIpc) is 3.31. The summed E-state index contributed by atoms with van der Waals surface area (Å²) in [5, 5.41) is 0. The Kier molecular flexibility index (Phi) is 6.84. The van der Waals surface area contributed by atoms with Crippen LogP contribution in [0.4, 0.5) is 0 Å². The molecule has 1 atom stereocenters. The standard InChI is InChI=1S/C18H29N3O4/c1-23-12-10-21-9-6-19-18(21)15-4-7-20(8-5-15)17(22)14-24-13-16-3-2-11-25-16/h6,9,15-16H,2-5,7-8,10-14H2,1H3/t16-/m0/s1. The van der Waals surface area contributed by atoms with E-state index in [2.05, 4.69) is 9.55 Å².